The van der Waals surface area contributed by atoms with Crippen LogP contribution in [-0.4, -0.2) is 29.4 Å². The average molecular weight is 167 g/mol. The Morgan fingerprint density at radius 1 is 1.67 bits per heavy atom. The summed E-state index contributed by atoms with van der Waals surface area (Å²) in [5.74, 6) is 1.10. The zero-order valence-electron chi connectivity index (χ0n) is 6.43. The summed E-state index contributed by atoms with van der Waals surface area (Å²) in [7, 11) is 0. The molecule has 1 aromatic heterocycles. The molecule has 0 saturated heterocycles. The number of aliphatic hydroxyl groups is 1. The zero-order chi connectivity index (χ0) is 8.39. The Labute approximate surface area is 69.8 Å². The summed E-state index contributed by atoms with van der Waals surface area (Å²) in [5.41, 5.74) is 0. The van der Waals surface area contributed by atoms with Crippen LogP contribution in [0.2, 0.25) is 0 Å². The molecule has 4 nitrogen and oxygen atoms in total. The summed E-state index contributed by atoms with van der Waals surface area (Å²) in [6, 6.07) is 3.57. The number of hydrogen-bond donors (Lipinski definition) is 1. The van der Waals surface area contributed by atoms with Gasteiger partial charge in [-0.05, 0) is 12.1 Å². The van der Waals surface area contributed by atoms with Crippen molar-refractivity contribution < 1.29 is 14.6 Å². The molecular formula is C8H9NO3. The first kappa shape index (κ1) is 7.36. The molecule has 1 aromatic rings. The molecular weight excluding hydrogens is 158 g/mol. The SMILES string of the molecule is OCC1COc2cccnc2O1. The number of aromatic nitrogens is 1. The summed E-state index contributed by atoms with van der Waals surface area (Å²) in [6.07, 6.45) is 1.34. The van der Waals surface area contributed by atoms with Gasteiger partial charge in [0.05, 0.1) is 6.61 Å². The minimum Gasteiger partial charge on any atom is -0.484 e. The number of fused-ring (bicyclic) bond motifs is 1. The van der Waals surface area contributed by atoms with Gasteiger partial charge in [0.1, 0.15) is 6.61 Å². The lowest BCUT2D eigenvalue weighted by Gasteiger charge is -2.23. The predicted molar refractivity (Wildman–Crippen MR) is 41.2 cm³/mol. The van der Waals surface area contributed by atoms with E-state index in [1.54, 1.807) is 18.3 Å². The van der Waals surface area contributed by atoms with Crippen molar-refractivity contribution in [3.05, 3.63) is 18.3 Å². The van der Waals surface area contributed by atoms with Gasteiger partial charge in [-0.3, -0.25) is 0 Å². The first-order valence-electron chi connectivity index (χ1n) is 3.75. The number of hydrogen-bond acceptors (Lipinski definition) is 4. The third kappa shape index (κ3) is 1.21. The summed E-state index contributed by atoms with van der Waals surface area (Å²) >= 11 is 0. The highest BCUT2D eigenvalue weighted by Crippen LogP contribution is 2.27. The van der Waals surface area contributed by atoms with Gasteiger partial charge >= 0.3 is 0 Å². The van der Waals surface area contributed by atoms with Crippen molar-refractivity contribution in [2.45, 2.75) is 6.10 Å². The lowest BCUT2D eigenvalue weighted by molar-refractivity contribution is 0.0411. The Hall–Kier alpha value is -1.29. The standard InChI is InChI=1S/C8H9NO3/c10-4-6-5-11-7-2-1-3-9-8(7)12-6/h1-3,6,10H,4-5H2. The Kier molecular flexibility index (Phi) is 1.83. The lowest BCUT2D eigenvalue weighted by Crippen LogP contribution is -2.32. The van der Waals surface area contributed by atoms with E-state index in [0.29, 0.717) is 18.2 Å². The molecule has 0 bridgehead atoms. The second kappa shape index (κ2) is 2.98. The molecule has 1 aliphatic heterocycles. The van der Waals surface area contributed by atoms with Crippen LogP contribution in [0.4, 0.5) is 0 Å². The van der Waals surface area contributed by atoms with Crippen LogP contribution in [-0.2, 0) is 0 Å². The van der Waals surface area contributed by atoms with Crippen LogP contribution in [0.15, 0.2) is 18.3 Å². The van der Waals surface area contributed by atoms with Gasteiger partial charge in [0.15, 0.2) is 11.9 Å². The van der Waals surface area contributed by atoms with Crippen LogP contribution in [0.1, 0.15) is 0 Å². The van der Waals surface area contributed by atoms with Crippen molar-refractivity contribution in [3.8, 4) is 11.6 Å². The monoisotopic (exact) mass is 167 g/mol. The third-order valence-corrected chi connectivity index (χ3v) is 1.64. The van der Waals surface area contributed by atoms with Crippen LogP contribution < -0.4 is 9.47 Å². The first-order chi connectivity index (χ1) is 5.90. The van der Waals surface area contributed by atoms with Crippen molar-refractivity contribution in [2.24, 2.45) is 0 Å². The Morgan fingerprint density at radius 2 is 2.58 bits per heavy atom. The summed E-state index contributed by atoms with van der Waals surface area (Å²) in [6.45, 7) is 0.338. The topological polar surface area (TPSA) is 51.6 Å². The molecule has 0 aromatic carbocycles. The minimum atomic E-state index is -0.285. The largest absolute Gasteiger partial charge is 0.484 e. The van der Waals surface area contributed by atoms with Gasteiger partial charge in [0.2, 0.25) is 0 Å². The molecule has 1 N–H and O–H groups in total. The number of pyridine rings is 1. The van der Waals surface area contributed by atoms with Gasteiger partial charge in [0, 0.05) is 6.20 Å². The van der Waals surface area contributed by atoms with Crippen LogP contribution in [0.25, 0.3) is 0 Å². The Bertz CT molecular complexity index is 277. The van der Waals surface area contributed by atoms with Crippen LogP contribution >= 0.6 is 0 Å². The molecule has 0 saturated carbocycles. The van der Waals surface area contributed by atoms with E-state index < -0.39 is 0 Å². The number of ether oxygens (including phenoxy) is 2. The number of aliphatic hydroxyl groups excluding tert-OH is 1. The first-order valence-corrected chi connectivity index (χ1v) is 3.75. The van der Waals surface area contributed by atoms with Gasteiger partial charge < -0.3 is 14.6 Å². The van der Waals surface area contributed by atoms with E-state index in [1.807, 2.05) is 0 Å². The Balaban J connectivity index is 2.23. The summed E-state index contributed by atoms with van der Waals surface area (Å²) < 4.78 is 10.6. The van der Waals surface area contributed by atoms with Crippen molar-refractivity contribution in [1.29, 1.82) is 0 Å². The molecule has 0 spiro atoms. The molecule has 0 radical (unpaired) electrons. The van der Waals surface area contributed by atoms with Gasteiger partial charge in [-0.2, -0.15) is 0 Å². The van der Waals surface area contributed by atoms with Crippen molar-refractivity contribution in [1.82, 2.24) is 4.98 Å². The van der Waals surface area contributed by atoms with Gasteiger partial charge in [-0.25, -0.2) is 4.98 Å². The fourth-order valence-electron chi connectivity index (χ4n) is 1.04. The molecule has 0 fully saturated rings. The maximum Gasteiger partial charge on any atom is 0.257 e. The Morgan fingerprint density at radius 3 is 3.42 bits per heavy atom. The van der Waals surface area contributed by atoms with Gasteiger partial charge in [-0.15, -0.1) is 0 Å². The maximum atomic E-state index is 8.78. The van der Waals surface area contributed by atoms with Crippen molar-refractivity contribution in [3.63, 3.8) is 0 Å². The van der Waals surface area contributed by atoms with Crippen LogP contribution in [0, 0.1) is 0 Å². The van der Waals surface area contributed by atoms with E-state index in [1.165, 1.54) is 0 Å². The van der Waals surface area contributed by atoms with E-state index >= 15 is 0 Å². The van der Waals surface area contributed by atoms with Gasteiger partial charge in [-0.1, -0.05) is 0 Å². The molecule has 0 aliphatic carbocycles. The third-order valence-electron chi connectivity index (χ3n) is 1.64. The molecule has 4 heteroatoms. The van der Waals surface area contributed by atoms with Crippen LogP contribution in [0.3, 0.4) is 0 Å². The van der Waals surface area contributed by atoms with E-state index in [0.717, 1.165) is 0 Å². The second-order valence-electron chi connectivity index (χ2n) is 2.54. The lowest BCUT2D eigenvalue weighted by atomic mass is 10.3. The molecule has 12 heavy (non-hydrogen) atoms. The minimum absolute atomic E-state index is 0.0456. The summed E-state index contributed by atoms with van der Waals surface area (Å²) in [4.78, 5) is 3.96. The zero-order valence-corrected chi connectivity index (χ0v) is 6.43. The average Bonchev–Trinajstić information content (AvgIpc) is 2.17. The number of rotatable bonds is 1. The molecule has 2 heterocycles. The van der Waals surface area contributed by atoms with Crippen molar-refractivity contribution >= 4 is 0 Å². The van der Waals surface area contributed by atoms with E-state index in [2.05, 4.69) is 4.98 Å². The fourth-order valence-corrected chi connectivity index (χ4v) is 1.04. The smallest absolute Gasteiger partial charge is 0.257 e. The molecule has 2 rings (SSSR count). The second-order valence-corrected chi connectivity index (χ2v) is 2.54. The van der Waals surface area contributed by atoms with E-state index in [9.17, 15) is 0 Å². The highest BCUT2D eigenvalue weighted by Gasteiger charge is 2.20. The highest BCUT2D eigenvalue weighted by atomic mass is 16.6. The number of nitrogens with zero attached hydrogens (tertiary/aromatic N) is 1. The van der Waals surface area contributed by atoms with E-state index in [-0.39, 0.29) is 12.7 Å². The molecule has 1 aliphatic rings. The van der Waals surface area contributed by atoms with Crippen molar-refractivity contribution in [2.75, 3.05) is 13.2 Å². The van der Waals surface area contributed by atoms with Gasteiger partial charge in [0.25, 0.3) is 5.88 Å². The predicted octanol–water partition coefficient (Wildman–Crippen LogP) is 0.214. The maximum absolute atomic E-state index is 8.78. The van der Waals surface area contributed by atoms with Crippen LogP contribution in [0.5, 0.6) is 11.6 Å². The highest BCUT2D eigenvalue weighted by molar-refractivity contribution is 5.33. The van der Waals surface area contributed by atoms with E-state index in [4.69, 9.17) is 14.6 Å². The molecule has 1 atom stereocenters. The quantitative estimate of drug-likeness (QED) is 0.649. The molecule has 64 valence electrons. The molecule has 0 amide bonds. The molecule has 1 unspecified atom stereocenters. The normalized spacial score (nSPS) is 20.6. The summed E-state index contributed by atoms with van der Waals surface area (Å²) in [5, 5.41) is 8.78. The fraction of sp³-hybridized carbons (Fsp3) is 0.375.